The van der Waals surface area contributed by atoms with Crippen LogP contribution in [0.3, 0.4) is 0 Å². The summed E-state index contributed by atoms with van der Waals surface area (Å²) in [5.41, 5.74) is 1.63. The van der Waals surface area contributed by atoms with Crippen LogP contribution < -0.4 is 0 Å². The van der Waals surface area contributed by atoms with Crippen LogP contribution in [-0.2, 0) is 22.8 Å². The number of carbonyl (C=O) groups excluding carboxylic acids is 1. The van der Waals surface area contributed by atoms with E-state index in [2.05, 4.69) is 24.0 Å². The van der Waals surface area contributed by atoms with Gasteiger partial charge in [0.15, 0.2) is 0 Å². The number of thioether (sulfide) groups is 1. The van der Waals surface area contributed by atoms with E-state index in [-0.39, 0.29) is 22.6 Å². The number of pyridine rings is 1. The molecule has 0 spiro atoms. The maximum absolute atomic E-state index is 13.0. The number of nitrogens with zero attached hydrogens (tertiary/aromatic N) is 2. The van der Waals surface area contributed by atoms with E-state index in [0.29, 0.717) is 11.4 Å². The van der Waals surface area contributed by atoms with Crippen LogP contribution in [0, 0.1) is 0 Å². The molecule has 28 heavy (non-hydrogen) atoms. The molecule has 1 aliphatic carbocycles. The van der Waals surface area contributed by atoms with E-state index in [4.69, 9.17) is 0 Å². The first-order valence-corrected chi connectivity index (χ1v) is 10.1. The molecule has 7 heteroatoms. The van der Waals surface area contributed by atoms with Crippen LogP contribution in [0.2, 0.25) is 0 Å². The summed E-state index contributed by atoms with van der Waals surface area (Å²) in [5, 5.41) is 0.0625. The molecule has 2 heterocycles. The van der Waals surface area contributed by atoms with Gasteiger partial charge in [-0.15, -0.1) is 0 Å². The molecule has 3 nitrogen and oxygen atoms in total. The highest BCUT2D eigenvalue weighted by Crippen LogP contribution is 2.48. The van der Waals surface area contributed by atoms with Crippen molar-refractivity contribution in [2.24, 2.45) is 0 Å². The standard InChI is InChI=1S/C21H21F3N2OS/c1-20-11-16(28-18-10-8-14(12-25-18)21(22,23)24)19(27)26(2)17(20)9-7-13-5-3-4-6-15(13)20/h3-6,8,10,12,16-17H,7,9,11H2,1-2H3/t16?,17-,20-/m1/s1. The second-order valence-corrected chi connectivity index (χ2v) is 8.99. The van der Waals surface area contributed by atoms with Crippen molar-refractivity contribution in [3.05, 3.63) is 59.3 Å². The van der Waals surface area contributed by atoms with Crippen LogP contribution in [0.1, 0.15) is 36.5 Å². The number of amides is 1. The number of alkyl halides is 3. The van der Waals surface area contributed by atoms with Gasteiger partial charge >= 0.3 is 6.18 Å². The topological polar surface area (TPSA) is 33.2 Å². The average Bonchev–Trinajstić information content (AvgIpc) is 2.66. The Balaban J connectivity index is 1.62. The number of benzene rings is 1. The van der Waals surface area contributed by atoms with Crippen LogP contribution in [0.5, 0.6) is 0 Å². The summed E-state index contributed by atoms with van der Waals surface area (Å²) in [6.45, 7) is 2.20. The fourth-order valence-electron chi connectivity index (χ4n) is 4.66. The van der Waals surface area contributed by atoms with Gasteiger partial charge in [-0.05, 0) is 42.5 Å². The molecule has 1 unspecified atom stereocenters. The maximum Gasteiger partial charge on any atom is 0.417 e. The summed E-state index contributed by atoms with van der Waals surface area (Å²) in [5.74, 6) is 0.0218. The zero-order valence-corrected chi connectivity index (χ0v) is 16.5. The third kappa shape index (κ3) is 3.19. The molecule has 1 aromatic heterocycles. The van der Waals surface area contributed by atoms with Crippen molar-refractivity contribution in [1.82, 2.24) is 9.88 Å². The van der Waals surface area contributed by atoms with Crippen LogP contribution in [0.15, 0.2) is 47.6 Å². The molecule has 0 N–H and O–H groups in total. The summed E-state index contributed by atoms with van der Waals surface area (Å²) >= 11 is 1.26. The average molecular weight is 406 g/mol. The number of piperidine rings is 1. The van der Waals surface area contributed by atoms with Crippen molar-refractivity contribution in [1.29, 1.82) is 0 Å². The van der Waals surface area contributed by atoms with Gasteiger partial charge in [0, 0.05) is 24.7 Å². The third-order valence-corrected chi connectivity index (χ3v) is 7.22. The molecule has 2 aromatic rings. The van der Waals surface area contributed by atoms with Gasteiger partial charge in [0.2, 0.25) is 5.91 Å². The van der Waals surface area contributed by atoms with Crippen molar-refractivity contribution < 1.29 is 18.0 Å². The molecule has 148 valence electrons. The minimum atomic E-state index is -4.41. The molecular weight excluding hydrogens is 385 g/mol. The molecular formula is C21H21F3N2OS. The van der Waals surface area contributed by atoms with Gasteiger partial charge in [0.25, 0.3) is 0 Å². The molecule has 1 aromatic carbocycles. The largest absolute Gasteiger partial charge is 0.417 e. The SMILES string of the molecule is CN1C(=O)C(Sc2ccc(C(F)(F)F)cn2)C[C@]2(C)c3ccccc3CC[C@@H]12. The van der Waals surface area contributed by atoms with Gasteiger partial charge in [-0.25, -0.2) is 4.98 Å². The van der Waals surface area contributed by atoms with Crippen molar-refractivity contribution in [2.75, 3.05) is 7.05 Å². The Morgan fingerprint density at radius 3 is 2.64 bits per heavy atom. The number of hydrogen-bond acceptors (Lipinski definition) is 3. The number of rotatable bonds is 2. The predicted octanol–water partition coefficient (Wildman–Crippen LogP) is 4.70. The molecule has 4 rings (SSSR count). The van der Waals surface area contributed by atoms with E-state index >= 15 is 0 Å². The smallest absolute Gasteiger partial charge is 0.341 e. The number of fused-ring (bicyclic) bond motifs is 3. The minimum Gasteiger partial charge on any atom is -0.341 e. The quantitative estimate of drug-likeness (QED) is 0.725. The number of likely N-dealkylation sites (tertiary alicyclic amines) is 1. The van der Waals surface area contributed by atoms with Crippen LogP contribution in [0.25, 0.3) is 0 Å². The Labute approximate surface area is 166 Å². The Morgan fingerprint density at radius 2 is 1.96 bits per heavy atom. The Morgan fingerprint density at radius 1 is 1.21 bits per heavy atom. The fraction of sp³-hybridized carbons (Fsp3) is 0.429. The first-order chi connectivity index (χ1) is 13.2. The van der Waals surface area contributed by atoms with E-state index < -0.39 is 11.7 Å². The zero-order chi connectivity index (χ0) is 20.1. The molecule has 1 fully saturated rings. The van der Waals surface area contributed by atoms with E-state index in [9.17, 15) is 18.0 Å². The Hall–Kier alpha value is -2.02. The van der Waals surface area contributed by atoms with Crippen LogP contribution in [-0.4, -0.2) is 34.1 Å². The van der Waals surface area contributed by atoms with Gasteiger partial charge in [0.05, 0.1) is 15.8 Å². The lowest BCUT2D eigenvalue weighted by atomic mass is 9.63. The summed E-state index contributed by atoms with van der Waals surface area (Å²) < 4.78 is 38.3. The Kier molecular flexibility index (Phi) is 4.68. The maximum atomic E-state index is 13.0. The molecule has 1 amide bonds. The van der Waals surface area contributed by atoms with Gasteiger partial charge in [-0.3, -0.25) is 4.79 Å². The molecule has 0 radical (unpaired) electrons. The first kappa shape index (κ1) is 19.3. The summed E-state index contributed by atoms with van der Waals surface area (Å²) in [7, 11) is 1.84. The van der Waals surface area contributed by atoms with Gasteiger partial charge < -0.3 is 4.90 Å². The predicted molar refractivity (Wildman–Crippen MR) is 102 cm³/mol. The highest BCUT2D eigenvalue weighted by molar-refractivity contribution is 8.00. The van der Waals surface area contributed by atoms with E-state index in [0.717, 1.165) is 25.1 Å². The molecule has 2 aliphatic rings. The second-order valence-electron chi connectivity index (χ2n) is 7.77. The zero-order valence-electron chi connectivity index (χ0n) is 15.7. The lowest BCUT2D eigenvalue weighted by molar-refractivity contribution is -0.138. The first-order valence-electron chi connectivity index (χ1n) is 9.25. The number of hydrogen-bond donors (Lipinski definition) is 0. The van der Waals surface area contributed by atoms with E-state index in [1.807, 2.05) is 24.1 Å². The third-order valence-electron chi connectivity index (χ3n) is 6.08. The number of carbonyl (C=O) groups is 1. The number of aromatic nitrogens is 1. The highest BCUT2D eigenvalue weighted by atomic mass is 32.2. The van der Waals surface area contributed by atoms with Crippen LogP contribution in [0.4, 0.5) is 13.2 Å². The highest BCUT2D eigenvalue weighted by Gasteiger charge is 2.50. The number of aryl methyl sites for hydroxylation is 1. The molecule has 0 bridgehead atoms. The normalized spacial score (nSPS) is 27.3. The lowest BCUT2D eigenvalue weighted by Crippen LogP contribution is -2.60. The van der Waals surface area contributed by atoms with Gasteiger partial charge in [0.1, 0.15) is 0 Å². The number of halogens is 3. The van der Waals surface area contributed by atoms with Gasteiger partial charge in [-0.2, -0.15) is 13.2 Å². The summed E-state index contributed by atoms with van der Waals surface area (Å²) in [4.78, 5) is 18.7. The minimum absolute atomic E-state index is 0.0218. The lowest BCUT2D eigenvalue weighted by Gasteiger charge is -2.52. The van der Waals surface area contributed by atoms with Crippen molar-refractivity contribution in [3.63, 3.8) is 0 Å². The van der Waals surface area contributed by atoms with Crippen molar-refractivity contribution in [3.8, 4) is 0 Å². The van der Waals surface area contributed by atoms with Gasteiger partial charge in [-0.1, -0.05) is 43.0 Å². The van der Waals surface area contributed by atoms with E-state index in [1.165, 1.54) is 29.0 Å². The summed E-state index contributed by atoms with van der Waals surface area (Å²) in [6, 6.07) is 10.9. The molecule has 1 saturated heterocycles. The van der Waals surface area contributed by atoms with Crippen LogP contribution >= 0.6 is 11.8 Å². The molecule has 1 aliphatic heterocycles. The molecule has 0 saturated carbocycles. The number of likely N-dealkylation sites (N-methyl/N-ethyl adjacent to an activating group) is 1. The molecule has 3 atom stereocenters. The van der Waals surface area contributed by atoms with E-state index in [1.54, 1.807) is 0 Å². The fourth-order valence-corrected chi connectivity index (χ4v) is 5.91. The summed E-state index contributed by atoms with van der Waals surface area (Å²) in [6.07, 6.45) is -1.06. The van der Waals surface area contributed by atoms with Crippen molar-refractivity contribution in [2.45, 2.75) is 54.1 Å². The second kappa shape index (κ2) is 6.79. The van der Waals surface area contributed by atoms with Crippen molar-refractivity contribution >= 4 is 17.7 Å². The monoisotopic (exact) mass is 406 g/mol. The Bertz CT molecular complexity index is 899.